The minimum Gasteiger partial charge on any atom is -0.496 e. The highest BCUT2D eigenvalue weighted by molar-refractivity contribution is 6.27. The van der Waals surface area contributed by atoms with Gasteiger partial charge in [0, 0.05) is 5.56 Å². The number of benzene rings is 1. The zero-order valence-corrected chi connectivity index (χ0v) is 18.4. The summed E-state index contributed by atoms with van der Waals surface area (Å²) >= 11 is 5.88. The molecule has 0 bridgehead atoms. The largest absolute Gasteiger partial charge is 0.496 e. The molecule has 0 spiro atoms. The Bertz CT molecular complexity index is 790. The molecule has 160 valence electrons. The molecule has 3 atom stereocenters. The number of hydrogen-bond donors (Lipinski definition) is 0. The van der Waals surface area contributed by atoms with Crippen molar-refractivity contribution < 1.29 is 28.6 Å². The molecule has 0 N–H and O–H groups in total. The van der Waals surface area contributed by atoms with E-state index in [1.165, 1.54) is 19.1 Å². The van der Waals surface area contributed by atoms with Gasteiger partial charge in [-0.2, -0.15) is 0 Å². The monoisotopic (exact) mass is 425 g/mol. The number of carbonyl (C=O) groups excluding carboxylic acids is 3. The van der Waals surface area contributed by atoms with Crippen LogP contribution in [0.25, 0.3) is 0 Å². The van der Waals surface area contributed by atoms with Crippen molar-refractivity contribution in [3.05, 3.63) is 29.8 Å². The van der Waals surface area contributed by atoms with Crippen molar-refractivity contribution in [1.82, 2.24) is 4.90 Å². The second-order valence-electron chi connectivity index (χ2n) is 8.19. The summed E-state index contributed by atoms with van der Waals surface area (Å²) in [5.74, 6) is -2.27. The zero-order chi connectivity index (χ0) is 22.0. The maximum atomic E-state index is 13.1. The summed E-state index contributed by atoms with van der Waals surface area (Å²) in [7, 11) is 2.75. The average molecular weight is 426 g/mol. The lowest BCUT2D eigenvalue weighted by Gasteiger charge is -2.36. The summed E-state index contributed by atoms with van der Waals surface area (Å²) in [6, 6.07) is 6.27. The fourth-order valence-corrected chi connectivity index (χ4v) is 4.01. The number of hydrogen-bond acceptors (Lipinski definition) is 6. The van der Waals surface area contributed by atoms with Crippen LogP contribution in [0.15, 0.2) is 24.3 Å². The standard InChI is InChI=1S/C21H28ClNO6/c1-20(2,3)29-18(25)14-11-21(4,19(26)28-6)23(16(24)12-22)17(14)13-9-7-8-10-15(13)27-5/h7-10,14,17H,11-12H2,1-6H3/t14-,17+,21-/m0/s1. The molecular formula is C21H28ClNO6. The number of methoxy groups -OCH3 is 2. The van der Waals surface area contributed by atoms with Gasteiger partial charge in [0.2, 0.25) is 5.91 Å². The van der Waals surface area contributed by atoms with Crippen molar-refractivity contribution in [1.29, 1.82) is 0 Å². The van der Waals surface area contributed by atoms with Gasteiger partial charge in [0.05, 0.1) is 26.2 Å². The van der Waals surface area contributed by atoms with Crippen LogP contribution in [0.4, 0.5) is 0 Å². The molecule has 1 heterocycles. The first-order valence-electron chi connectivity index (χ1n) is 9.32. The van der Waals surface area contributed by atoms with Crippen LogP contribution in [-0.4, -0.2) is 54.0 Å². The number of para-hydroxylation sites is 1. The van der Waals surface area contributed by atoms with Crippen LogP contribution in [0, 0.1) is 5.92 Å². The van der Waals surface area contributed by atoms with Gasteiger partial charge in [0.15, 0.2) is 0 Å². The van der Waals surface area contributed by atoms with Crippen molar-refractivity contribution in [3.8, 4) is 5.75 Å². The number of rotatable bonds is 5. The fourth-order valence-electron chi connectivity index (χ4n) is 3.88. The summed E-state index contributed by atoms with van der Waals surface area (Å²) < 4.78 is 16.0. The minimum absolute atomic E-state index is 0.0416. The molecule has 1 amide bonds. The lowest BCUT2D eigenvalue weighted by atomic mass is 9.89. The van der Waals surface area contributed by atoms with Gasteiger partial charge < -0.3 is 19.1 Å². The van der Waals surface area contributed by atoms with Crippen molar-refractivity contribution >= 4 is 29.4 Å². The topological polar surface area (TPSA) is 82.1 Å². The number of ether oxygens (including phenoxy) is 3. The Morgan fingerprint density at radius 1 is 1.21 bits per heavy atom. The number of alkyl halides is 1. The first-order chi connectivity index (χ1) is 13.5. The molecule has 0 aromatic heterocycles. The third-order valence-electron chi connectivity index (χ3n) is 4.98. The van der Waals surface area contributed by atoms with Gasteiger partial charge in [-0.25, -0.2) is 4.79 Å². The Kier molecular flexibility index (Phi) is 6.83. The lowest BCUT2D eigenvalue weighted by molar-refractivity contribution is -0.161. The van der Waals surface area contributed by atoms with E-state index >= 15 is 0 Å². The lowest BCUT2D eigenvalue weighted by Crippen LogP contribution is -2.52. The van der Waals surface area contributed by atoms with Crippen LogP contribution in [0.3, 0.4) is 0 Å². The molecule has 0 saturated carbocycles. The molecule has 0 aliphatic carbocycles. The van der Waals surface area contributed by atoms with Crippen molar-refractivity contribution in [2.24, 2.45) is 5.92 Å². The highest BCUT2D eigenvalue weighted by Gasteiger charge is 2.59. The highest BCUT2D eigenvalue weighted by Crippen LogP contribution is 2.50. The number of amides is 1. The molecule has 8 heteroatoms. The SMILES string of the molecule is COC(=O)[C@]1(C)C[C@H](C(=O)OC(C)(C)C)[C@@H](c2ccccc2OC)N1C(=O)CCl. The van der Waals surface area contributed by atoms with Crippen LogP contribution in [-0.2, 0) is 23.9 Å². The Labute approximate surface area is 176 Å². The predicted octanol–water partition coefficient (Wildman–Crippen LogP) is 3.10. The molecule has 1 saturated heterocycles. The van der Waals surface area contributed by atoms with Gasteiger partial charge in [-0.3, -0.25) is 9.59 Å². The number of likely N-dealkylation sites (tertiary alicyclic amines) is 1. The second kappa shape index (κ2) is 8.61. The van der Waals surface area contributed by atoms with Crippen LogP contribution < -0.4 is 4.74 Å². The molecule has 1 aliphatic heterocycles. The summed E-state index contributed by atoms with van der Waals surface area (Å²) in [5, 5.41) is 0. The van der Waals surface area contributed by atoms with E-state index in [0.29, 0.717) is 11.3 Å². The summed E-state index contributed by atoms with van der Waals surface area (Å²) in [4.78, 5) is 40.0. The molecule has 0 unspecified atom stereocenters. The van der Waals surface area contributed by atoms with Gasteiger partial charge in [-0.05, 0) is 40.2 Å². The maximum Gasteiger partial charge on any atom is 0.331 e. The van der Waals surface area contributed by atoms with Gasteiger partial charge >= 0.3 is 11.9 Å². The van der Waals surface area contributed by atoms with Crippen LogP contribution >= 0.6 is 11.6 Å². The van der Waals surface area contributed by atoms with E-state index in [9.17, 15) is 14.4 Å². The van der Waals surface area contributed by atoms with Gasteiger partial charge in [-0.15, -0.1) is 11.6 Å². The Hall–Kier alpha value is -2.28. The van der Waals surface area contributed by atoms with E-state index in [1.54, 1.807) is 52.0 Å². The van der Waals surface area contributed by atoms with Crippen LogP contribution in [0.5, 0.6) is 5.75 Å². The Morgan fingerprint density at radius 2 is 1.83 bits per heavy atom. The number of carbonyl (C=O) groups is 3. The van der Waals surface area contributed by atoms with Crippen LogP contribution in [0.2, 0.25) is 0 Å². The predicted molar refractivity (Wildman–Crippen MR) is 108 cm³/mol. The van der Waals surface area contributed by atoms with Crippen molar-refractivity contribution in [2.45, 2.75) is 51.3 Å². The van der Waals surface area contributed by atoms with Gasteiger partial charge in [0.25, 0.3) is 0 Å². The van der Waals surface area contributed by atoms with E-state index in [1.807, 2.05) is 0 Å². The van der Waals surface area contributed by atoms with E-state index in [4.69, 9.17) is 25.8 Å². The fraction of sp³-hybridized carbons (Fsp3) is 0.571. The molecule has 2 rings (SSSR count). The zero-order valence-electron chi connectivity index (χ0n) is 17.7. The van der Waals surface area contributed by atoms with E-state index < -0.39 is 40.9 Å². The second-order valence-corrected chi connectivity index (χ2v) is 8.46. The number of nitrogens with zero attached hydrogens (tertiary/aromatic N) is 1. The molecule has 1 aromatic rings. The maximum absolute atomic E-state index is 13.1. The molecule has 1 fully saturated rings. The first kappa shape index (κ1) is 23.0. The third kappa shape index (κ3) is 4.50. The average Bonchev–Trinajstić information content (AvgIpc) is 2.99. The van der Waals surface area contributed by atoms with Crippen LogP contribution in [0.1, 0.15) is 45.7 Å². The Balaban J connectivity index is 2.68. The molecule has 0 radical (unpaired) electrons. The molecule has 1 aliphatic rings. The molecule has 29 heavy (non-hydrogen) atoms. The third-order valence-corrected chi connectivity index (χ3v) is 5.21. The highest BCUT2D eigenvalue weighted by atomic mass is 35.5. The van der Waals surface area contributed by atoms with Gasteiger partial charge in [-0.1, -0.05) is 18.2 Å². The van der Waals surface area contributed by atoms with Crippen molar-refractivity contribution in [3.63, 3.8) is 0 Å². The first-order valence-corrected chi connectivity index (χ1v) is 9.86. The Morgan fingerprint density at radius 3 is 2.34 bits per heavy atom. The molecule has 1 aromatic carbocycles. The summed E-state index contributed by atoms with van der Waals surface area (Å²) in [6.45, 7) is 6.87. The normalized spacial score (nSPS) is 24.2. The molecule has 7 nitrogen and oxygen atoms in total. The van der Waals surface area contributed by atoms with E-state index in [2.05, 4.69) is 0 Å². The summed E-state index contributed by atoms with van der Waals surface area (Å²) in [5.41, 5.74) is -1.51. The number of halogens is 1. The number of esters is 2. The van der Waals surface area contributed by atoms with Crippen molar-refractivity contribution in [2.75, 3.05) is 20.1 Å². The smallest absolute Gasteiger partial charge is 0.331 e. The molecular weight excluding hydrogens is 398 g/mol. The van der Waals surface area contributed by atoms with E-state index in [0.717, 1.165) is 0 Å². The van der Waals surface area contributed by atoms with Gasteiger partial charge in [0.1, 0.15) is 22.8 Å². The minimum atomic E-state index is -1.38. The quantitative estimate of drug-likeness (QED) is 0.532. The summed E-state index contributed by atoms with van der Waals surface area (Å²) in [6.07, 6.45) is 0.0416. The van der Waals surface area contributed by atoms with E-state index in [-0.39, 0.29) is 12.3 Å².